The van der Waals surface area contributed by atoms with Gasteiger partial charge in [-0.1, -0.05) is 50.6 Å². The number of nitrogens with zero attached hydrogens (tertiary/aromatic N) is 1. The molecule has 6 fully saturated rings. The van der Waals surface area contributed by atoms with Gasteiger partial charge in [-0.15, -0.1) is 0 Å². The Labute approximate surface area is 288 Å². The van der Waals surface area contributed by atoms with E-state index < -0.39 is 17.0 Å². The molecule has 0 bridgehead atoms. The van der Waals surface area contributed by atoms with Gasteiger partial charge in [0.15, 0.2) is 12.1 Å². The first-order valence-corrected chi connectivity index (χ1v) is 19.2. The zero-order valence-corrected chi connectivity index (χ0v) is 29.7. The third-order valence-electron chi connectivity index (χ3n) is 13.8. The largest absolute Gasteiger partial charge is 0.385 e. The van der Waals surface area contributed by atoms with E-state index in [1.807, 2.05) is 6.08 Å². The van der Waals surface area contributed by atoms with Gasteiger partial charge in [0.1, 0.15) is 0 Å². The fourth-order valence-corrected chi connectivity index (χ4v) is 11.0. The van der Waals surface area contributed by atoms with Crippen LogP contribution in [0.25, 0.3) is 0 Å². The first-order chi connectivity index (χ1) is 23.0. The van der Waals surface area contributed by atoms with Crippen LogP contribution in [0.1, 0.15) is 116 Å². The average Bonchev–Trinajstić information content (AvgIpc) is 3.71. The molecule has 7 heteroatoms. The molecule has 4 aliphatic carbocycles. The van der Waals surface area contributed by atoms with Gasteiger partial charge in [-0.05, 0) is 106 Å². The van der Waals surface area contributed by atoms with Gasteiger partial charge in [0.25, 0.3) is 0 Å². The molecule has 7 nitrogen and oxygen atoms in total. The van der Waals surface area contributed by atoms with E-state index in [0.29, 0.717) is 38.1 Å². The van der Waals surface area contributed by atoms with Gasteiger partial charge in [-0.2, -0.15) is 0 Å². The van der Waals surface area contributed by atoms with Crippen LogP contribution in [0.3, 0.4) is 0 Å². The zero-order valence-electron chi connectivity index (χ0n) is 29.7. The van der Waals surface area contributed by atoms with Crippen LogP contribution < -0.4 is 4.90 Å². The van der Waals surface area contributed by atoms with E-state index in [1.165, 1.54) is 35.2 Å². The number of anilines is 1. The summed E-state index contributed by atoms with van der Waals surface area (Å²) >= 11 is 0. The van der Waals surface area contributed by atoms with Crippen molar-refractivity contribution >= 4 is 5.69 Å². The second-order valence-electron chi connectivity index (χ2n) is 17.5. The number of ether oxygens (including phenoxy) is 4. The molecule has 3 saturated heterocycles. The molecule has 1 aromatic carbocycles. The molecule has 0 aromatic heterocycles. The van der Waals surface area contributed by atoms with Crippen LogP contribution in [0.5, 0.6) is 0 Å². The van der Waals surface area contributed by atoms with Crippen molar-refractivity contribution in [1.82, 2.24) is 0 Å². The second kappa shape index (κ2) is 12.5. The Hall–Kier alpha value is -1.74. The highest BCUT2D eigenvalue weighted by molar-refractivity contribution is 5.51. The summed E-state index contributed by atoms with van der Waals surface area (Å²) in [5, 5.41) is 25.1. The molecule has 264 valence electrons. The Kier molecular flexibility index (Phi) is 8.69. The molecule has 3 aliphatic heterocycles. The number of fused-ring (bicyclic) bond motifs is 4. The van der Waals surface area contributed by atoms with Gasteiger partial charge in [-0.25, -0.2) is 0 Å². The van der Waals surface area contributed by atoms with E-state index in [-0.39, 0.29) is 23.0 Å². The van der Waals surface area contributed by atoms with Crippen LogP contribution in [0.15, 0.2) is 47.6 Å². The molecule has 8 rings (SSSR count). The molecule has 48 heavy (non-hydrogen) atoms. The van der Waals surface area contributed by atoms with Gasteiger partial charge in [-0.3, -0.25) is 0 Å². The maximum absolute atomic E-state index is 12.6. The third-order valence-corrected chi connectivity index (χ3v) is 13.8. The van der Waals surface area contributed by atoms with Crippen LogP contribution in [0.2, 0.25) is 0 Å². The molecule has 3 saturated carbocycles. The summed E-state index contributed by atoms with van der Waals surface area (Å²) in [4.78, 5) is 2.50. The van der Waals surface area contributed by atoms with Gasteiger partial charge in [0, 0.05) is 55.0 Å². The standard InChI is InChI=1S/C41H59NO6/c1-37(2)27-47-41(48-28-37)20-16-34-36-31(14-18-39(34,43)26-41)33-15-19-40(44,17-8-24-46-35-9-4-7-23-45-35)38(33,3)25-32(36)29-10-12-30(13-11-29)42-21-5-6-22-42/h8,10-13,17,31-33,35,43-44H,4-7,9,14-16,18-28H2,1-3H3/b17-8-/t31-,32+,33-,35?,38-,39+,40-/m0/s1. The summed E-state index contributed by atoms with van der Waals surface area (Å²) in [6, 6.07) is 9.33. The summed E-state index contributed by atoms with van der Waals surface area (Å²) in [5.74, 6) is 0.163. The summed E-state index contributed by atoms with van der Waals surface area (Å²) in [6.07, 6.45) is 16.1. The van der Waals surface area contributed by atoms with Crippen LogP contribution in [0.4, 0.5) is 5.69 Å². The number of hydrogen-bond donors (Lipinski definition) is 2. The summed E-state index contributed by atoms with van der Waals surface area (Å²) in [6.45, 7) is 11.5. The van der Waals surface area contributed by atoms with E-state index in [2.05, 4.69) is 56.0 Å². The number of rotatable bonds is 6. The number of allylic oxidation sites excluding steroid dienone is 1. The molecular weight excluding hydrogens is 602 g/mol. The lowest BCUT2D eigenvalue weighted by atomic mass is 9.49. The van der Waals surface area contributed by atoms with E-state index in [1.54, 1.807) is 0 Å². The molecule has 7 atom stereocenters. The third kappa shape index (κ3) is 5.82. The second-order valence-corrected chi connectivity index (χ2v) is 17.5. The Bertz CT molecular complexity index is 1380. The predicted octanol–water partition coefficient (Wildman–Crippen LogP) is 7.41. The first kappa shape index (κ1) is 33.4. The molecular formula is C41H59NO6. The van der Waals surface area contributed by atoms with E-state index in [4.69, 9.17) is 18.9 Å². The van der Waals surface area contributed by atoms with Crippen LogP contribution in [0, 0.1) is 22.7 Å². The Balaban J connectivity index is 1.12. The van der Waals surface area contributed by atoms with E-state index >= 15 is 0 Å². The number of hydrogen-bond acceptors (Lipinski definition) is 7. The fraction of sp³-hybridized carbons (Fsp3) is 0.756. The van der Waals surface area contributed by atoms with Crippen molar-refractivity contribution in [2.45, 2.75) is 133 Å². The fourth-order valence-electron chi connectivity index (χ4n) is 11.0. The number of aliphatic hydroxyl groups is 2. The molecule has 0 amide bonds. The van der Waals surface area contributed by atoms with Crippen molar-refractivity contribution in [2.75, 3.05) is 44.4 Å². The maximum Gasteiger partial charge on any atom is 0.171 e. The lowest BCUT2D eigenvalue weighted by Gasteiger charge is -2.58. The Morgan fingerprint density at radius 3 is 2.42 bits per heavy atom. The molecule has 1 aromatic rings. The topological polar surface area (TPSA) is 80.6 Å². The highest BCUT2D eigenvalue weighted by Crippen LogP contribution is 2.68. The summed E-state index contributed by atoms with van der Waals surface area (Å²) in [5.41, 5.74) is 3.23. The first-order valence-electron chi connectivity index (χ1n) is 19.2. The predicted molar refractivity (Wildman–Crippen MR) is 187 cm³/mol. The van der Waals surface area contributed by atoms with Crippen molar-refractivity contribution < 1.29 is 29.2 Å². The average molecular weight is 662 g/mol. The van der Waals surface area contributed by atoms with E-state index in [0.717, 1.165) is 83.9 Å². The van der Waals surface area contributed by atoms with Crippen molar-refractivity contribution in [1.29, 1.82) is 0 Å². The molecule has 0 radical (unpaired) electrons. The van der Waals surface area contributed by atoms with Crippen molar-refractivity contribution in [3.8, 4) is 0 Å². The van der Waals surface area contributed by atoms with Crippen LogP contribution in [-0.4, -0.2) is 73.0 Å². The minimum atomic E-state index is -0.916. The smallest absolute Gasteiger partial charge is 0.171 e. The maximum atomic E-state index is 12.6. The molecule has 1 spiro atoms. The normalized spacial score (nSPS) is 40.6. The van der Waals surface area contributed by atoms with Gasteiger partial charge in [0.2, 0.25) is 0 Å². The van der Waals surface area contributed by atoms with Gasteiger partial charge in [0.05, 0.1) is 31.0 Å². The van der Waals surface area contributed by atoms with Gasteiger partial charge < -0.3 is 34.1 Å². The molecule has 1 unspecified atom stereocenters. The lowest BCUT2D eigenvalue weighted by Crippen LogP contribution is -2.58. The van der Waals surface area contributed by atoms with Crippen molar-refractivity contribution in [3.05, 3.63) is 53.1 Å². The molecule has 2 N–H and O–H groups in total. The Morgan fingerprint density at radius 2 is 1.69 bits per heavy atom. The van der Waals surface area contributed by atoms with Gasteiger partial charge >= 0.3 is 0 Å². The van der Waals surface area contributed by atoms with Crippen LogP contribution >= 0.6 is 0 Å². The molecule has 3 heterocycles. The Morgan fingerprint density at radius 1 is 0.917 bits per heavy atom. The minimum Gasteiger partial charge on any atom is -0.385 e. The zero-order chi connectivity index (χ0) is 33.2. The van der Waals surface area contributed by atoms with Crippen LogP contribution in [-0.2, 0) is 18.9 Å². The molecule has 7 aliphatic rings. The minimum absolute atomic E-state index is 0.00604. The van der Waals surface area contributed by atoms with Crippen molar-refractivity contribution in [2.24, 2.45) is 22.7 Å². The highest BCUT2D eigenvalue weighted by atomic mass is 16.7. The summed E-state index contributed by atoms with van der Waals surface area (Å²) in [7, 11) is 0. The quantitative estimate of drug-likeness (QED) is 0.308. The number of benzene rings is 1. The van der Waals surface area contributed by atoms with E-state index in [9.17, 15) is 10.2 Å². The monoisotopic (exact) mass is 661 g/mol. The lowest BCUT2D eigenvalue weighted by molar-refractivity contribution is -0.322. The SMILES string of the molecule is CC1(C)COC2(CCC3=C4[C@@H](CC[C@@]3(O)C2)[C@@H]2CC[C@@](O)(/C=C\COC3CCCCO3)[C@@]2(C)C[C@@H]4c2ccc(N3CCCC3)cc2)OC1. The van der Waals surface area contributed by atoms with Crippen molar-refractivity contribution in [3.63, 3.8) is 0 Å². The highest BCUT2D eigenvalue weighted by Gasteiger charge is 2.64. The summed E-state index contributed by atoms with van der Waals surface area (Å²) < 4.78 is 24.8.